The average molecular weight is 304 g/mol. The molecule has 0 spiro atoms. The number of halogens is 1. The van der Waals surface area contributed by atoms with Crippen LogP contribution in [-0.2, 0) is 6.54 Å². The fraction of sp³-hybridized carbons (Fsp3) is 0.294. The van der Waals surface area contributed by atoms with Crippen LogP contribution in [0.2, 0.25) is 5.02 Å². The number of hydrogen-bond acceptors (Lipinski definition) is 2. The van der Waals surface area contributed by atoms with E-state index in [1.165, 1.54) is 27.3 Å². The first kappa shape index (κ1) is 14.0. The molecule has 0 aromatic heterocycles. The van der Waals surface area contributed by atoms with Crippen LogP contribution >= 0.6 is 23.4 Å². The summed E-state index contributed by atoms with van der Waals surface area (Å²) in [5, 5.41) is 4.50. The second kappa shape index (κ2) is 6.21. The van der Waals surface area contributed by atoms with E-state index < -0.39 is 0 Å². The van der Waals surface area contributed by atoms with E-state index in [1.807, 2.05) is 17.8 Å². The summed E-state index contributed by atoms with van der Waals surface area (Å²) in [5.74, 6) is 1.17. The molecule has 0 radical (unpaired) electrons. The van der Waals surface area contributed by atoms with E-state index in [0.29, 0.717) is 6.04 Å². The number of thioether (sulfide) groups is 1. The first-order valence-electron chi connectivity index (χ1n) is 6.93. The third-order valence-electron chi connectivity index (χ3n) is 3.65. The van der Waals surface area contributed by atoms with E-state index in [-0.39, 0.29) is 0 Å². The molecule has 0 amide bonds. The van der Waals surface area contributed by atoms with Crippen LogP contribution in [0.15, 0.2) is 47.4 Å². The van der Waals surface area contributed by atoms with Gasteiger partial charge in [-0.1, -0.05) is 41.4 Å². The number of rotatable bonds is 3. The van der Waals surface area contributed by atoms with E-state index in [4.69, 9.17) is 11.6 Å². The van der Waals surface area contributed by atoms with Gasteiger partial charge in [-0.15, -0.1) is 11.8 Å². The van der Waals surface area contributed by atoms with Crippen molar-refractivity contribution in [3.63, 3.8) is 0 Å². The van der Waals surface area contributed by atoms with Crippen LogP contribution in [0.1, 0.15) is 29.2 Å². The maximum absolute atomic E-state index is 6.14. The van der Waals surface area contributed by atoms with Gasteiger partial charge in [0.25, 0.3) is 0 Å². The quantitative estimate of drug-likeness (QED) is 0.858. The van der Waals surface area contributed by atoms with Gasteiger partial charge in [-0.25, -0.2) is 0 Å². The Morgan fingerprint density at radius 2 is 2.15 bits per heavy atom. The van der Waals surface area contributed by atoms with Crippen LogP contribution in [-0.4, -0.2) is 5.75 Å². The van der Waals surface area contributed by atoms with Crippen molar-refractivity contribution in [2.75, 3.05) is 5.75 Å². The highest BCUT2D eigenvalue weighted by Crippen LogP contribution is 2.37. The molecule has 3 rings (SSSR count). The predicted molar refractivity (Wildman–Crippen MR) is 87.6 cm³/mol. The normalized spacial score (nSPS) is 17.8. The minimum atomic E-state index is 0.408. The van der Waals surface area contributed by atoms with Crippen molar-refractivity contribution < 1.29 is 0 Å². The summed E-state index contributed by atoms with van der Waals surface area (Å²) >= 11 is 8.07. The Labute approximate surface area is 129 Å². The van der Waals surface area contributed by atoms with Gasteiger partial charge in [-0.2, -0.15) is 0 Å². The Morgan fingerprint density at radius 1 is 1.25 bits per heavy atom. The van der Waals surface area contributed by atoms with Crippen molar-refractivity contribution in [1.82, 2.24) is 5.32 Å². The average Bonchev–Trinajstić information content (AvgIpc) is 2.45. The maximum atomic E-state index is 6.14. The maximum Gasteiger partial charge on any atom is 0.0410 e. The monoisotopic (exact) mass is 303 g/mol. The highest BCUT2D eigenvalue weighted by Gasteiger charge is 2.20. The smallest absolute Gasteiger partial charge is 0.0410 e. The molecule has 1 N–H and O–H groups in total. The van der Waals surface area contributed by atoms with Gasteiger partial charge in [0.2, 0.25) is 0 Å². The standard InChI is InChI=1S/C17H18ClNS/c1-12-3-2-4-13(9-12)11-19-16-7-8-20-17-6-5-14(18)10-15(16)17/h2-6,9-10,16,19H,7-8,11H2,1H3. The zero-order valence-electron chi connectivity index (χ0n) is 11.5. The molecule has 1 nitrogen and oxygen atoms in total. The summed E-state index contributed by atoms with van der Waals surface area (Å²) in [6.45, 7) is 3.04. The van der Waals surface area contributed by atoms with Gasteiger partial charge in [-0.3, -0.25) is 0 Å². The number of nitrogens with one attached hydrogen (secondary N) is 1. The molecular weight excluding hydrogens is 286 g/mol. The lowest BCUT2D eigenvalue weighted by atomic mass is 10.0. The van der Waals surface area contributed by atoms with Crippen LogP contribution in [0.5, 0.6) is 0 Å². The SMILES string of the molecule is Cc1cccc(CNC2CCSc3ccc(Cl)cc32)c1. The molecule has 2 aromatic carbocycles. The summed E-state index contributed by atoms with van der Waals surface area (Å²) in [6.07, 6.45) is 1.16. The lowest BCUT2D eigenvalue weighted by molar-refractivity contribution is 0.510. The largest absolute Gasteiger partial charge is 0.306 e. The predicted octanol–water partition coefficient (Wildman–Crippen LogP) is 4.98. The fourth-order valence-corrected chi connectivity index (χ4v) is 3.93. The van der Waals surface area contributed by atoms with Crippen LogP contribution in [0.3, 0.4) is 0 Å². The molecule has 0 fully saturated rings. The minimum Gasteiger partial charge on any atom is -0.306 e. The molecule has 0 aliphatic carbocycles. The first-order chi connectivity index (χ1) is 9.72. The van der Waals surface area contributed by atoms with Crippen molar-refractivity contribution >= 4 is 23.4 Å². The molecule has 1 aliphatic rings. The van der Waals surface area contributed by atoms with Crippen molar-refractivity contribution in [2.24, 2.45) is 0 Å². The Morgan fingerprint density at radius 3 is 3.00 bits per heavy atom. The van der Waals surface area contributed by atoms with Crippen molar-refractivity contribution in [2.45, 2.75) is 30.8 Å². The van der Waals surface area contributed by atoms with Crippen LogP contribution in [0, 0.1) is 6.92 Å². The first-order valence-corrected chi connectivity index (χ1v) is 8.30. The van der Waals surface area contributed by atoms with E-state index in [9.17, 15) is 0 Å². The number of benzene rings is 2. The fourth-order valence-electron chi connectivity index (χ4n) is 2.64. The molecule has 1 atom stereocenters. The molecule has 0 bridgehead atoms. The van der Waals surface area contributed by atoms with E-state index in [2.05, 4.69) is 48.6 Å². The van der Waals surface area contributed by atoms with Crippen molar-refractivity contribution in [1.29, 1.82) is 0 Å². The number of hydrogen-bond donors (Lipinski definition) is 1. The van der Waals surface area contributed by atoms with Gasteiger partial charge in [0.1, 0.15) is 0 Å². The molecule has 2 aromatic rings. The Kier molecular flexibility index (Phi) is 4.35. The van der Waals surface area contributed by atoms with E-state index in [1.54, 1.807) is 0 Å². The van der Waals surface area contributed by atoms with E-state index >= 15 is 0 Å². The highest BCUT2D eigenvalue weighted by atomic mass is 35.5. The molecule has 104 valence electrons. The van der Waals surface area contributed by atoms with Crippen molar-refractivity contribution in [3.8, 4) is 0 Å². The van der Waals surface area contributed by atoms with Crippen molar-refractivity contribution in [3.05, 3.63) is 64.2 Å². The molecule has 1 unspecified atom stereocenters. The molecule has 0 saturated heterocycles. The van der Waals surface area contributed by atoms with Gasteiger partial charge in [0.15, 0.2) is 0 Å². The minimum absolute atomic E-state index is 0.408. The van der Waals surface area contributed by atoms with Gasteiger partial charge < -0.3 is 5.32 Å². The lowest BCUT2D eigenvalue weighted by Gasteiger charge is -2.26. The summed E-state index contributed by atoms with van der Waals surface area (Å²) < 4.78 is 0. The summed E-state index contributed by atoms with van der Waals surface area (Å²) in [5.41, 5.74) is 4.00. The van der Waals surface area contributed by atoms with Crippen LogP contribution in [0.25, 0.3) is 0 Å². The Bertz CT molecular complexity index is 612. The summed E-state index contributed by atoms with van der Waals surface area (Å²) in [7, 11) is 0. The van der Waals surface area contributed by atoms with E-state index in [0.717, 1.165) is 18.0 Å². The van der Waals surface area contributed by atoms with Gasteiger partial charge in [0, 0.05) is 22.5 Å². The Hall–Kier alpha value is -0.960. The zero-order valence-corrected chi connectivity index (χ0v) is 13.1. The third kappa shape index (κ3) is 3.20. The van der Waals surface area contributed by atoms with Crippen LogP contribution in [0.4, 0.5) is 0 Å². The van der Waals surface area contributed by atoms with Gasteiger partial charge in [-0.05, 0) is 48.4 Å². The summed E-state index contributed by atoms with van der Waals surface area (Å²) in [6, 6.07) is 15.3. The van der Waals surface area contributed by atoms with Gasteiger partial charge in [0.05, 0.1) is 0 Å². The zero-order chi connectivity index (χ0) is 13.9. The van der Waals surface area contributed by atoms with Crippen LogP contribution < -0.4 is 5.32 Å². The Balaban J connectivity index is 1.75. The molecule has 3 heteroatoms. The molecule has 1 heterocycles. The highest BCUT2D eigenvalue weighted by molar-refractivity contribution is 7.99. The molecule has 1 aliphatic heterocycles. The third-order valence-corrected chi connectivity index (χ3v) is 5.00. The number of aryl methyl sites for hydroxylation is 1. The lowest BCUT2D eigenvalue weighted by Crippen LogP contribution is -2.24. The molecule has 20 heavy (non-hydrogen) atoms. The second-order valence-electron chi connectivity index (χ2n) is 5.24. The second-order valence-corrected chi connectivity index (χ2v) is 6.82. The molecular formula is C17H18ClNS. The summed E-state index contributed by atoms with van der Waals surface area (Å²) in [4.78, 5) is 1.36. The molecule has 0 saturated carbocycles. The topological polar surface area (TPSA) is 12.0 Å². The van der Waals surface area contributed by atoms with Gasteiger partial charge >= 0.3 is 0 Å². The number of fused-ring (bicyclic) bond motifs is 1.